The molecule has 0 saturated carbocycles. The van der Waals surface area contributed by atoms with Gasteiger partial charge in [0.25, 0.3) is 0 Å². The van der Waals surface area contributed by atoms with Crippen molar-refractivity contribution in [2.24, 2.45) is 5.73 Å². The number of imidazole rings is 1. The van der Waals surface area contributed by atoms with Crippen molar-refractivity contribution < 1.29 is 4.42 Å². The first-order chi connectivity index (χ1) is 9.79. The van der Waals surface area contributed by atoms with E-state index in [0.29, 0.717) is 5.65 Å². The summed E-state index contributed by atoms with van der Waals surface area (Å²) < 4.78 is 5.51. The standard InChI is InChI=1S/C13H15N5OS/c1-2-8(14)11(9-4-3-5-19-9)20-13-10-12(16-6-15-10)17-7-18-13/h3-8,11H,2,14H2,1H3,(H,15,16,17,18). The molecule has 0 saturated heterocycles. The molecule has 2 unspecified atom stereocenters. The zero-order chi connectivity index (χ0) is 13.9. The van der Waals surface area contributed by atoms with Crippen molar-refractivity contribution in [2.75, 3.05) is 0 Å². The van der Waals surface area contributed by atoms with Gasteiger partial charge in [-0.05, 0) is 18.6 Å². The lowest BCUT2D eigenvalue weighted by Crippen LogP contribution is -2.25. The monoisotopic (exact) mass is 289 g/mol. The van der Waals surface area contributed by atoms with Crippen LogP contribution in [0.15, 0.2) is 40.5 Å². The molecule has 3 heterocycles. The number of hydrogen-bond donors (Lipinski definition) is 2. The average Bonchev–Trinajstić information content (AvgIpc) is 3.14. The molecule has 0 aliphatic carbocycles. The molecule has 3 aromatic rings. The minimum atomic E-state index is -0.0147. The second kappa shape index (κ2) is 5.64. The maximum atomic E-state index is 6.23. The van der Waals surface area contributed by atoms with Crippen LogP contribution in [0.3, 0.4) is 0 Å². The molecule has 0 aliphatic heterocycles. The predicted octanol–water partition coefficient (Wildman–Crippen LogP) is 2.52. The first-order valence-corrected chi connectivity index (χ1v) is 7.27. The van der Waals surface area contributed by atoms with Crippen LogP contribution in [-0.2, 0) is 0 Å². The van der Waals surface area contributed by atoms with E-state index in [-0.39, 0.29) is 11.3 Å². The number of H-pyrrole nitrogens is 1. The van der Waals surface area contributed by atoms with E-state index in [2.05, 4.69) is 26.9 Å². The third-order valence-corrected chi connectivity index (χ3v) is 4.48. The number of furan rings is 1. The lowest BCUT2D eigenvalue weighted by Gasteiger charge is -2.19. The Morgan fingerprint density at radius 3 is 3.05 bits per heavy atom. The highest BCUT2D eigenvalue weighted by atomic mass is 32.2. The summed E-state index contributed by atoms with van der Waals surface area (Å²) in [6.45, 7) is 2.06. The summed E-state index contributed by atoms with van der Waals surface area (Å²) in [6, 6.07) is 3.80. The van der Waals surface area contributed by atoms with Gasteiger partial charge in [-0.2, -0.15) is 0 Å². The smallest absolute Gasteiger partial charge is 0.181 e. The normalized spacial score (nSPS) is 14.5. The molecule has 0 radical (unpaired) electrons. The fraction of sp³-hybridized carbons (Fsp3) is 0.308. The van der Waals surface area contributed by atoms with Gasteiger partial charge in [0.15, 0.2) is 5.65 Å². The molecule has 0 fully saturated rings. The minimum Gasteiger partial charge on any atom is -0.468 e. The van der Waals surface area contributed by atoms with Crippen LogP contribution in [0.2, 0.25) is 0 Å². The summed E-state index contributed by atoms with van der Waals surface area (Å²) in [4.78, 5) is 15.7. The van der Waals surface area contributed by atoms with Crippen molar-refractivity contribution in [3.05, 3.63) is 36.8 Å². The summed E-state index contributed by atoms with van der Waals surface area (Å²) in [5.74, 6) is 0.857. The van der Waals surface area contributed by atoms with Crippen molar-refractivity contribution in [1.82, 2.24) is 19.9 Å². The van der Waals surface area contributed by atoms with Crippen molar-refractivity contribution >= 4 is 22.9 Å². The molecule has 0 amide bonds. The van der Waals surface area contributed by atoms with E-state index in [1.54, 1.807) is 24.4 Å². The number of nitrogens with zero attached hydrogens (tertiary/aromatic N) is 3. The Morgan fingerprint density at radius 2 is 2.30 bits per heavy atom. The van der Waals surface area contributed by atoms with E-state index < -0.39 is 0 Å². The molecule has 0 aromatic carbocycles. The molecule has 3 aromatic heterocycles. The fourth-order valence-corrected chi connectivity index (χ4v) is 3.21. The first-order valence-electron chi connectivity index (χ1n) is 6.39. The van der Waals surface area contributed by atoms with Gasteiger partial charge in [0, 0.05) is 6.04 Å². The maximum Gasteiger partial charge on any atom is 0.181 e. The Labute approximate surface area is 120 Å². The van der Waals surface area contributed by atoms with Crippen LogP contribution < -0.4 is 5.73 Å². The Kier molecular flexibility index (Phi) is 3.70. The Bertz CT molecular complexity index is 681. The third kappa shape index (κ3) is 2.41. The lowest BCUT2D eigenvalue weighted by molar-refractivity contribution is 0.473. The van der Waals surface area contributed by atoms with Crippen molar-refractivity contribution in [1.29, 1.82) is 0 Å². The number of nitrogens with two attached hydrogens (primary N) is 1. The summed E-state index contributed by atoms with van der Waals surface area (Å²) >= 11 is 1.57. The van der Waals surface area contributed by atoms with Crippen LogP contribution >= 0.6 is 11.8 Å². The number of fused-ring (bicyclic) bond motifs is 1. The largest absolute Gasteiger partial charge is 0.468 e. The molecule has 6 nitrogen and oxygen atoms in total. The highest BCUT2D eigenvalue weighted by molar-refractivity contribution is 7.99. The van der Waals surface area contributed by atoms with Crippen LogP contribution in [0.4, 0.5) is 0 Å². The highest BCUT2D eigenvalue weighted by Gasteiger charge is 2.24. The number of aromatic amines is 1. The van der Waals surface area contributed by atoms with E-state index in [1.165, 1.54) is 6.33 Å². The van der Waals surface area contributed by atoms with Crippen molar-refractivity contribution in [3.63, 3.8) is 0 Å². The fourth-order valence-electron chi connectivity index (χ4n) is 1.98. The van der Waals surface area contributed by atoms with Gasteiger partial charge in [0.2, 0.25) is 0 Å². The topological polar surface area (TPSA) is 93.6 Å². The van der Waals surface area contributed by atoms with Gasteiger partial charge < -0.3 is 15.1 Å². The van der Waals surface area contributed by atoms with Gasteiger partial charge in [-0.15, -0.1) is 0 Å². The van der Waals surface area contributed by atoms with Gasteiger partial charge >= 0.3 is 0 Å². The van der Waals surface area contributed by atoms with E-state index in [4.69, 9.17) is 10.2 Å². The highest BCUT2D eigenvalue weighted by Crippen LogP contribution is 2.39. The van der Waals surface area contributed by atoms with Gasteiger partial charge in [0.1, 0.15) is 22.6 Å². The van der Waals surface area contributed by atoms with Crippen LogP contribution in [0.1, 0.15) is 24.4 Å². The van der Waals surface area contributed by atoms with Crippen LogP contribution in [0.25, 0.3) is 11.2 Å². The molecule has 20 heavy (non-hydrogen) atoms. The van der Waals surface area contributed by atoms with Crippen LogP contribution in [0, 0.1) is 0 Å². The molecule has 0 aliphatic rings. The average molecular weight is 289 g/mol. The van der Waals surface area contributed by atoms with Gasteiger partial charge in [-0.25, -0.2) is 15.0 Å². The molecule has 0 bridgehead atoms. The number of rotatable bonds is 5. The van der Waals surface area contributed by atoms with E-state index in [0.717, 1.165) is 22.7 Å². The molecule has 3 rings (SSSR count). The van der Waals surface area contributed by atoms with Crippen LogP contribution in [-0.4, -0.2) is 26.0 Å². The van der Waals surface area contributed by atoms with Crippen molar-refractivity contribution in [2.45, 2.75) is 29.7 Å². The molecule has 7 heteroatoms. The zero-order valence-electron chi connectivity index (χ0n) is 11.0. The predicted molar refractivity (Wildman–Crippen MR) is 77.3 cm³/mol. The van der Waals surface area contributed by atoms with Crippen molar-refractivity contribution in [3.8, 4) is 0 Å². The molecular formula is C13H15N5OS. The third-order valence-electron chi connectivity index (χ3n) is 3.11. The summed E-state index contributed by atoms with van der Waals surface area (Å²) in [5.41, 5.74) is 7.71. The number of nitrogens with one attached hydrogen (secondary N) is 1. The van der Waals surface area contributed by atoms with Gasteiger partial charge in [0.05, 0.1) is 17.8 Å². The van der Waals surface area contributed by atoms with E-state index >= 15 is 0 Å². The minimum absolute atomic E-state index is 0.0106. The number of aromatic nitrogens is 4. The summed E-state index contributed by atoms with van der Waals surface area (Å²) in [7, 11) is 0. The first kappa shape index (κ1) is 13.1. The van der Waals surface area contributed by atoms with Gasteiger partial charge in [-0.3, -0.25) is 0 Å². The molecule has 104 valence electrons. The SMILES string of the molecule is CCC(N)C(Sc1ncnc2nc[nH]c12)c1ccco1. The zero-order valence-corrected chi connectivity index (χ0v) is 11.8. The van der Waals surface area contributed by atoms with Crippen LogP contribution in [0.5, 0.6) is 0 Å². The lowest BCUT2D eigenvalue weighted by atomic mass is 10.1. The maximum absolute atomic E-state index is 6.23. The molecular weight excluding hydrogens is 274 g/mol. The quantitative estimate of drug-likeness (QED) is 0.553. The second-order valence-corrected chi connectivity index (χ2v) is 5.54. The molecule has 2 atom stereocenters. The summed E-state index contributed by atoms with van der Waals surface area (Å²) in [5, 5.41) is 0.842. The van der Waals surface area contributed by atoms with Gasteiger partial charge in [-0.1, -0.05) is 18.7 Å². The van der Waals surface area contributed by atoms with E-state index in [1.807, 2.05) is 12.1 Å². The Balaban J connectivity index is 1.95. The second-order valence-electron chi connectivity index (χ2n) is 4.41. The molecule has 0 spiro atoms. The van der Waals surface area contributed by atoms with E-state index in [9.17, 15) is 0 Å². The Hall–Kier alpha value is -1.86. The number of hydrogen-bond acceptors (Lipinski definition) is 6. The number of thioether (sulfide) groups is 1. The Morgan fingerprint density at radius 1 is 1.40 bits per heavy atom. The molecule has 3 N–H and O–H groups in total. The summed E-state index contributed by atoms with van der Waals surface area (Å²) in [6.07, 6.45) is 5.65.